The summed E-state index contributed by atoms with van der Waals surface area (Å²) in [4.78, 5) is 0. The van der Waals surface area contributed by atoms with Crippen molar-refractivity contribution >= 4 is 12.4 Å². The lowest BCUT2D eigenvalue weighted by Gasteiger charge is -2.31. The molecule has 1 aliphatic carbocycles. The number of fused-ring (bicyclic) bond motifs is 1. The largest absolute Gasteiger partial charge is 0.493 e. The summed E-state index contributed by atoms with van der Waals surface area (Å²) in [6, 6.07) is 15.3. The molecule has 0 saturated heterocycles. The summed E-state index contributed by atoms with van der Waals surface area (Å²) >= 11 is 0. The van der Waals surface area contributed by atoms with Gasteiger partial charge in [-0.2, -0.15) is 0 Å². The fourth-order valence-electron chi connectivity index (χ4n) is 3.57. The average molecular weight is 406 g/mol. The first kappa shape index (κ1) is 22.2. The van der Waals surface area contributed by atoms with Crippen LogP contribution in [0.3, 0.4) is 0 Å². The summed E-state index contributed by atoms with van der Waals surface area (Å²) in [7, 11) is 1.60. The molecule has 28 heavy (non-hydrogen) atoms. The van der Waals surface area contributed by atoms with Gasteiger partial charge in [0.05, 0.1) is 25.9 Å². The topological polar surface area (TPSA) is 88.9 Å². The summed E-state index contributed by atoms with van der Waals surface area (Å²) in [5.41, 5.74) is 9.11. The maximum Gasteiger partial charge on any atom is 0.154 e. The van der Waals surface area contributed by atoms with Gasteiger partial charge >= 0.3 is 0 Å². The monoisotopic (exact) mass is 405 g/mol. The smallest absolute Gasteiger partial charge is 0.154 e. The molecule has 5 nitrogen and oxygen atoms in total. The zero-order valence-corrected chi connectivity index (χ0v) is 16.9. The second kappa shape index (κ2) is 9.94. The summed E-state index contributed by atoms with van der Waals surface area (Å²) in [6.07, 6.45) is 1.42. The minimum absolute atomic E-state index is 0. The molecule has 1 heterocycles. The molecule has 1 aromatic carbocycles. The van der Waals surface area contributed by atoms with Crippen LogP contribution in [0.25, 0.3) is 11.3 Å². The number of benzene rings is 1. The molecule has 6 heteroatoms. The first-order valence-electron chi connectivity index (χ1n) is 9.18. The van der Waals surface area contributed by atoms with Crippen molar-refractivity contribution in [1.82, 2.24) is 0 Å². The highest BCUT2D eigenvalue weighted by Gasteiger charge is 2.31. The second-order valence-corrected chi connectivity index (χ2v) is 7.07. The van der Waals surface area contributed by atoms with Crippen LogP contribution in [0.4, 0.5) is 0 Å². The van der Waals surface area contributed by atoms with Crippen molar-refractivity contribution in [1.29, 1.82) is 0 Å². The summed E-state index contributed by atoms with van der Waals surface area (Å²) in [6.45, 7) is 1.82. The second-order valence-electron chi connectivity index (χ2n) is 7.07. The first-order chi connectivity index (χ1) is 13.0. The zero-order chi connectivity index (χ0) is 19.4. The van der Waals surface area contributed by atoms with Gasteiger partial charge in [-0.05, 0) is 47.6 Å². The lowest BCUT2D eigenvalue weighted by Crippen LogP contribution is -2.44. The molecule has 0 bridgehead atoms. The van der Waals surface area contributed by atoms with Crippen molar-refractivity contribution in [3.05, 3.63) is 65.9 Å². The number of aliphatic hydroxyl groups excluding tert-OH is 2. The molecule has 4 unspecified atom stereocenters. The van der Waals surface area contributed by atoms with Crippen molar-refractivity contribution in [3.8, 4) is 17.1 Å². The number of rotatable bonds is 8. The van der Waals surface area contributed by atoms with E-state index in [1.54, 1.807) is 13.4 Å². The molecule has 3 rings (SSSR count). The predicted octanol–water partition coefficient (Wildman–Crippen LogP) is 3.46. The number of ether oxygens (including phenoxy) is 1. The van der Waals surface area contributed by atoms with Crippen molar-refractivity contribution in [3.63, 3.8) is 0 Å². The molecular formula is C22H28ClNO4. The van der Waals surface area contributed by atoms with E-state index in [9.17, 15) is 10.2 Å². The van der Waals surface area contributed by atoms with Gasteiger partial charge in [-0.3, -0.25) is 0 Å². The Bertz CT molecular complexity index is 823. The van der Waals surface area contributed by atoms with Crippen LogP contribution in [0.5, 0.6) is 5.75 Å². The molecule has 0 spiro atoms. The Morgan fingerprint density at radius 1 is 1.14 bits per heavy atom. The van der Waals surface area contributed by atoms with Crippen LogP contribution in [0.1, 0.15) is 24.0 Å². The van der Waals surface area contributed by atoms with Crippen LogP contribution in [0.15, 0.2) is 59.2 Å². The Hall–Kier alpha value is -2.05. The normalized spacial score (nSPS) is 15.5. The number of halogens is 1. The molecule has 152 valence electrons. The van der Waals surface area contributed by atoms with Gasteiger partial charge in [0.1, 0.15) is 12.0 Å². The van der Waals surface area contributed by atoms with Gasteiger partial charge in [-0.15, -0.1) is 12.4 Å². The quantitative estimate of drug-likeness (QED) is 0.534. The van der Waals surface area contributed by atoms with Crippen LogP contribution < -0.4 is 10.5 Å². The minimum atomic E-state index is -0.824. The average Bonchev–Trinajstić information content (AvgIpc) is 3.14. The van der Waals surface area contributed by atoms with Gasteiger partial charge in [-0.1, -0.05) is 37.3 Å². The zero-order valence-electron chi connectivity index (χ0n) is 16.1. The van der Waals surface area contributed by atoms with Crippen LogP contribution >= 0.6 is 12.4 Å². The third-order valence-electron chi connectivity index (χ3n) is 5.31. The van der Waals surface area contributed by atoms with Crippen LogP contribution in [0, 0.1) is 5.92 Å². The van der Waals surface area contributed by atoms with E-state index in [0.717, 1.165) is 22.5 Å². The standard InChI is InChI=1S/C22H27NO4.ClH/c1-14(16-9-17-10-18(26-2)13-27-21(17)11-16)19(22(25)20(23)12-24)8-15-6-4-3-5-7-15;/h3-7,9-11,13-14,19-20,22,24-25H,8,12,23H2,1-2H3;1H. The van der Waals surface area contributed by atoms with E-state index in [4.69, 9.17) is 14.9 Å². The number of aliphatic hydroxyl groups is 2. The van der Waals surface area contributed by atoms with E-state index in [2.05, 4.69) is 13.0 Å². The van der Waals surface area contributed by atoms with E-state index >= 15 is 0 Å². The molecular weight excluding hydrogens is 378 g/mol. The predicted molar refractivity (Wildman–Crippen MR) is 112 cm³/mol. The lowest BCUT2D eigenvalue weighted by atomic mass is 9.78. The summed E-state index contributed by atoms with van der Waals surface area (Å²) in [5, 5.41) is 20.2. The Morgan fingerprint density at radius 2 is 1.86 bits per heavy atom. The maximum absolute atomic E-state index is 10.8. The molecule has 4 atom stereocenters. The molecule has 2 aliphatic rings. The van der Waals surface area contributed by atoms with Crippen molar-refractivity contribution in [2.24, 2.45) is 11.7 Å². The highest BCUT2D eigenvalue weighted by atomic mass is 35.5. The van der Waals surface area contributed by atoms with Gasteiger partial charge in [-0.25, -0.2) is 0 Å². The number of nitrogens with two attached hydrogens (primary N) is 1. The number of methoxy groups -OCH3 is 1. The molecule has 0 saturated carbocycles. The summed E-state index contributed by atoms with van der Waals surface area (Å²) < 4.78 is 10.9. The van der Waals surface area contributed by atoms with Crippen LogP contribution in [-0.4, -0.2) is 36.1 Å². The number of hydrogen-bond acceptors (Lipinski definition) is 5. The highest BCUT2D eigenvalue weighted by molar-refractivity contribution is 5.85. The van der Waals surface area contributed by atoms with Crippen molar-refractivity contribution in [2.45, 2.75) is 31.4 Å². The maximum atomic E-state index is 10.8. The molecule has 0 amide bonds. The fourth-order valence-corrected chi connectivity index (χ4v) is 3.57. The van der Waals surface area contributed by atoms with Crippen molar-refractivity contribution in [2.75, 3.05) is 13.7 Å². The van der Waals surface area contributed by atoms with Gasteiger partial charge in [0.15, 0.2) is 5.75 Å². The third-order valence-corrected chi connectivity index (χ3v) is 5.31. The fraction of sp³-hybridized carbons (Fsp3) is 0.364. The molecule has 1 aromatic rings. The van der Waals surface area contributed by atoms with Crippen LogP contribution in [-0.2, 0) is 6.42 Å². The highest BCUT2D eigenvalue weighted by Crippen LogP contribution is 2.37. The Balaban J connectivity index is 0.00000280. The molecule has 1 aliphatic heterocycles. The molecule has 4 N–H and O–H groups in total. The first-order valence-corrected chi connectivity index (χ1v) is 9.18. The van der Waals surface area contributed by atoms with Gasteiger partial charge in [0.2, 0.25) is 0 Å². The van der Waals surface area contributed by atoms with E-state index < -0.39 is 12.1 Å². The minimum Gasteiger partial charge on any atom is -0.493 e. The van der Waals surface area contributed by atoms with E-state index in [0.29, 0.717) is 12.2 Å². The van der Waals surface area contributed by atoms with Crippen LogP contribution in [0.2, 0.25) is 0 Å². The Kier molecular flexibility index (Phi) is 7.89. The van der Waals surface area contributed by atoms with Gasteiger partial charge in [0, 0.05) is 5.56 Å². The molecule has 0 fully saturated rings. The van der Waals surface area contributed by atoms with Gasteiger partial charge in [0.25, 0.3) is 0 Å². The SMILES string of the molecule is COc1coc2cc(C(C)C(Cc3ccccc3)C(O)C(N)CO)cc-2c1.Cl. The summed E-state index contributed by atoms with van der Waals surface area (Å²) in [5.74, 6) is 1.31. The Morgan fingerprint density at radius 3 is 2.50 bits per heavy atom. The van der Waals surface area contributed by atoms with E-state index in [1.165, 1.54) is 0 Å². The molecule has 0 radical (unpaired) electrons. The Labute approximate surface area is 171 Å². The van der Waals surface area contributed by atoms with E-state index in [1.807, 2.05) is 42.5 Å². The third kappa shape index (κ3) is 4.86. The molecule has 0 aromatic heterocycles. The van der Waals surface area contributed by atoms with Crippen molar-refractivity contribution < 1.29 is 19.4 Å². The number of hydrogen-bond donors (Lipinski definition) is 3. The lowest BCUT2D eigenvalue weighted by molar-refractivity contribution is 0.0491. The van der Waals surface area contributed by atoms with Gasteiger partial charge < -0.3 is 25.1 Å². The van der Waals surface area contributed by atoms with E-state index in [-0.39, 0.29) is 30.8 Å².